The summed E-state index contributed by atoms with van der Waals surface area (Å²) in [6.45, 7) is 8.36. The summed E-state index contributed by atoms with van der Waals surface area (Å²) in [5.74, 6) is -0.294. The van der Waals surface area contributed by atoms with E-state index >= 15 is 0 Å². The second-order valence-electron chi connectivity index (χ2n) is 5.75. The molecular formula is C19H29NO2. The summed E-state index contributed by atoms with van der Waals surface area (Å²) in [4.78, 5) is 16.7. The normalized spacial score (nSPS) is 11.6. The largest absolute Gasteiger partial charge is 0.465 e. The third-order valence-corrected chi connectivity index (χ3v) is 4.00. The highest BCUT2D eigenvalue weighted by atomic mass is 16.5. The van der Waals surface area contributed by atoms with Crippen molar-refractivity contribution in [1.29, 1.82) is 0 Å². The van der Waals surface area contributed by atoms with Gasteiger partial charge in [0.25, 0.3) is 0 Å². The topological polar surface area (TPSA) is 38.7 Å². The number of nitrogens with zero attached hydrogens (tertiary/aromatic N) is 1. The molecule has 22 heavy (non-hydrogen) atoms. The molecule has 0 aliphatic heterocycles. The molecule has 3 heteroatoms. The number of ether oxygens (including phenoxy) is 1. The predicted molar refractivity (Wildman–Crippen MR) is 93.4 cm³/mol. The molecule has 0 amide bonds. The van der Waals surface area contributed by atoms with Crippen LogP contribution in [0.5, 0.6) is 0 Å². The molecule has 0 atom stereocenters. The summed E-state index contributed by atoms with van der Waals surface area (Å²) >= 11 is 0. The first kappa shape index (κ1) is 18.4. The SMILES string of the molecule is CCCCCCC(C)=Nc1c(CC)ccc(C(=O)OC)c1C. The molecule has 122 valence electrons. The quantitative estimate of drug-likeness (QED) is 0.366. The van der Waals surface area contributed by atoms with Crippen LogP contribution in [0.3, 0.4) is 0 Å². The van der Waals surface area contributed by atoms with Gasteiger partial charge in [0, 0.05) is 5.71 Å². The van der Waals surface area contributed by atoms with Gasteiger partial charge in [0.05, 0.1) is 18.4 Å². The Bertz CT molecular complexity index is 532. The standard InChI is InChI=1S/C19H29NO2/c1-6-8-9-10-11-14(3)20-18-15(4)17(19(21)22-5)13-12-16(18)7-2/h12-13H,6-11H2,1-5H3. The fourth-order valence-electron chi connectivity index (χ4n) is 2.58. The van der Waals surface area contributed by atoms with Gasteiger partial charge in [0.2, 0.25) is 0 Å². The van der Waals surface area contributed by atoms with Crippen LogP contribution < -0.4 is 0 Å². The van der Waals surface area contributed by atoms with Crippen molar-refractivity contribution in [3.05, 3.63) is 28.8 Å². The van der Waals surface area contributed by atoms with Crippen molar-refractivity contribution in [3.8, 4) is 0 Å². The first-order valence-electron chi connectivity index (χ1n) is 8.30. The van der Waals surface area contributed by atoms with Gasteiger partial charge in [-0.25, -0.2) is 4.79 Å². The fourth-order valence-corrected chi connectivity index (χ4v) is 2.58. The van der Waals surface area contributed by atoms with Crippen molar-refractivity contribution in [3.63, 3.8) is 0 Å². The molecule has 0 aliphatic carbocycles. The lowest BCUT2D eigenvalue weighted by molar-refractivity contribution is 0.0600. The zero-order valence-corrected chi connectivity index (χ0v) is 14.7. The zero-order chi connectivity index (χ0) is 16.5. The summed E-state index contributed by atoms with van der Waals surface area (Å²) in [6.07, 6.45) is 6.89. The predicted octanol–water partition coefficient (Wildman–Crippen LogP) is 5.41. The summed E-state index contributed by atoms with van der Waals surface area (Å²) in [5.41, 5.74) is 4.78. The number of hydrogen-bond acceptors (Lipinski definition) is 3. The minimum Gasteiger partial charge on any atom is -0.465 e. The Balaban J connectivity index is 3.02. The summed E-state index contributed by atoms with van der Waals surface area (Å²) in [6, 6.07) is 3.83. The van der Waals surface area contributed by atoms with Crippen molar-refractivity contribution in [2.45, 2.75) is 66.2 Å². The number of hydrogen-bond donors (Lipinski definition) is 0. The molecule has 1 rings (SSSR count). The smallest absolute Gasteiger partial charge is 0.338 e. The molecule has 0 spiro atoms. The Morgan fingerprint density at radius 2 is 1.91 bits per heavy atom. The fraction of sp³-hybridized carbons (Fsp3) is 0.579. The second kappa shape index (κ2) is 9.39. The lowest BCUT2D eigenvalue weighted by Crippen LogP contribution is -2.05. The number of methoxy groups -OCH3 is 1. The maximum absolute atomic E-state index is 11.8. The highest BCUT2D eigenvalue weighted by Gasteiger charge is 2.14. The van der Waals surface area contributed by atoms with E-state index in [1.54, 1.807) is 0 Å². The number of aliphatic imine (C=N–C) groups is 1. The van der Waals surface area contributed by atoms with E-state index in [1.165, 1.54) is 38.4 Å². The van der Waals surface area contributed by atoms with Crippen LogP contribution in [0.25, 0.3) is 0 Å². The molecule has 1 aromatic rings. The number of aryl methyl sites for hydroxylation is 1. The molecule has 1 aromatic carbocycles. The molecular weight excluding hydrogens is 274 g/mol. The molecule has 0 bridgehead atoms. The van der Waals surface area contributed by atoms with Gasteiger partial charge in [0.15, 0.2) is 0 Å². The van der Waals surface area contributed by atoms with Gasteiger partial charge in [0.1, 0.15) is 0 Å². The molecule has 0 fully saturated rings. The van der Waals surface area contributed by atoms with Crippen LogP contribution >= 0.6 is 0 Å². The Hall–Kier alpha value is -1.64. The number of rotatable bonds is 8. The molecule has 3 nitrogen and oxygen atoms in total. The highest BCUT2D eigenvalue weighted by molar-refractivity contribution is 5.94. The van der Waals surface area contributed by atoms with Crippen molar-refractivity contribution in [1.82, 2.24) is 0 Å². The minimum atomic E-state index is -0.294. The summed E-state index contributed by atoms with van der Waals surface area (Å²) in [5, 5.41) is 0. The van der Waals surface area contributed by atoms with Gasteiger partial charge in [-0.1, -0.05) is 39.2 Å². The van der Waals surface area contributed by atoms with Crippen LogP contribution in [0.4, 0.5) is 5.69 Å². The maximum Gasteiger partial charge on any atom is 0.338 e. The Morgan fingerprint density at radius 3 is 2.50 bits per heavy atom. The van der Waals surface area contributed by atoms with Gasteiger partial charge >= 0.3 is 5.97 Å². The molecule has 0 unspecified atom stereocenters. The third-order valence-electron chi connectivity index (χ3n) is 4.00. The van der Waals surface area contributed by atoms with Crippen LogP contribution in [0.15, 0.2) is 17.1 Å². The summed E-state index contributed by atoms with van der Waals surface area (Å²) in [7, 11) is 1.41. The molecule has 0 N–H and O–H groups in total. The van der Waals surface area contributed by atoms with Crippen LogP contribution in [0.2, 0.25) is 0 Å². The Kier molecular flexibility index (Phi) is 7.86. The van der Waals surface area contributed by atoms with Gasteiger partial charge in [-0.15, -0.1) is 0 Å². The Morgan fingerprint density at radius 1 is 1.18 bits per heavy atom. The van der Waals surface area contributed by atoms with Crippen molar-refractivity contribution >= 4 is 17.4 Å². The van der Waals surface area contributed by atoms with Gasteiger partial charge in [-0.2, -0.15) is 0 Å². The van der Waals surface area contributed by atoms with Gasteiger partial charge < -0.3 is 4.74 Å². The second-order valence-corrected chi connectivity index (χ2v) is 5.75. The number of carbonyl (C=O) groups excluding carboxylic acids is 1. The highest BCUT2D eigenvalue weighted by Crippen LogP contribution is 2.29. The Labute approximate surface area is 134 Å². The average molecular weight is 303 g/mol. The van der Waals surface area contributed by atoms with Crippen molar-refractivity contribution < 1.29 is 9.53 Å². The average Bonchev–Trinajstić information content (AvgIpc) is 2.52. The molecule has 0 aromatic heterocycles. The van der Waals surface area contributed by atoms with E-state index in [-0.39, 0.29) is 5.97 Å². The van der Waals surface area contributed by atoms with E-state index < -0.39 is 0 Å². The van der Waals surface area contributed by atoms with E-state index in [9.17, 15) is 4.79 Å². The lowest BCUT2D eigenvalue weighted by Gasteiger charge is -2.12. The first-order valence-corrected chi connectivity index (χ1v) is 8.30. The molecule has 0 radical (unpaired) electrons. The number of unbranched alkanes of at least 4 members (excludes halogenated alkanes) is 3. The summed E-state index contributed by atoms with van der Waals surface area (Å²) < 4.78 is 4.85. The first-order chi connectivity index (χ1) is 10.5. The van der Waals surface area contributed by atoms with E-state index in [0.717, 1.165) is 29.8 Å². The van der Waals surface area contributed by atoms with Crippen molar-refractivity contribution in [2.24, 2.45) is 4.99 Å². The third kappa shape index (κ3) is 4.97. The van der Waals surface area contributed by atoms with Crippen LogP contribution in [-0.2, 0) is 11.2 Å². The van der Waals surface area contributed by atoms with Crippen LogP contribution in [-0.4, -0.2) is 18.8 Å². The van der Waals surface area contributed by atoms with Gasteiger partial charge in [-0.05, 0) is 50.3 Å². The van der Waals surface area contributed by atoms with E-state index in [4.69, 9.17) is 9.73 Å². The zero-order valence-electron chi connectivity index (χ0n) is 14.7. The minimum absolute atomic E-state index is 0.294. The number of benzene rings is 1. The van der Waals surface area contributed by atoms with Crippen LogP contribution in [0.1, 0.15) is 74.4 Å². The number of esters is 1. The van der Waals surface area contributed by atoms with E-state index in [2.05, 4.69) is 20.8 Å². The molecule has 0 saturated carbocycles. The molecule has 0 heterocycles. The van der Waals surface area contributed by atoms with Crippen molar-refractivity contribution in [2.75, 3.05) is 7.11 Å². The molecule has 0 aliphatic rings. The van der Waals surface area contributed by atoms with E-state index in [0.29, 0.717) is 5.56 Å². The van der Waals surface area contributed by atoms with E-state index in [1.807, 2.05) is 19.1 Å². The van der Waals surface area contributed by atoms with Crippen LogP contribution in [0, 0.1) is 6.92 Å². The maximum atomic E-state index is 11.8. The monoisotopic (exact) mass is 303 g/mol. The van der Waals surface area contributed by atoms with Gasteiger partial charge in [-0.3, -0.25) is 4.99 Å². The molecule has 0 saturated heterocycles. The lowest BCUT2D eigenvalue weighted by atomic mass is 10.00. The number of carbonyl (C=O) groups is 1.